The fourth-order valence-electron chi connectivity index (χ4n) is 2.20. The Morgan fingerprint density at radius 1 is 1.36 bits per heavy atom. The molecule has 0 saturated heterocycles. The first-order valence-electron chi connectivity index (χ1n) is 6.06. The Labute approximate surface area is 88.1 Å². The lowest BCUT2D eigenvalue weighted by atomic mass is 9.94. The minimum atomic E-state index is 0.0999. The minimum Gasteiger partial charge on any atom is -0.394 e. The highest BCUT2D eigenvalue weighted by atomic mass is 16.3. The Balaban J connectivity index is 2.38. The second-order valence-corrected chi connectivity index (χ2v) is 4.86. The summed E-state index contributed by atoms with van der Waals surface area (Å²) in [5.74, 6) is 0.731. The number of nitrogens with one attached hydrogen (secondary N) is 1. The first-order valence-corrected chi connectivity index (χ1v) is 6.06. The molecule has 14 heavy (non-hydrogen) atoms. The van der Waals surface area contributed by atoms with Gasteiger partial charge in [-0.3, -0.25) is 0 Å². The lowest BCUT2D eigenvalue weighted by Gasteiger charge is -2.28. The lowest BCUT2D eigenvalue weighted by molar-refractivity contribution is 0.199. The number of aliphatic hydroxyl groups excluding tert-OH is 1. The maximum atomic E-state index is 9.25. The minimum absolute atomic E-state index is 0.0999. The van der Waals surface area contributed by atoms with Crippen molar-refractivity contribution in [1.29, 1.82) is 0 Å². The van der Waals surface area contributed by atoms with Crippen LogP contribution in [0.1, 0.15) is 52.9 Å². The van der Waals surface area contributed by atoms with Gasteiger partial charge in [-0.1, -0.05) is 27.2 Å². The van der Waals surface area contributed by atoms with Crippen molar-refractivity contribution in [3.63, 3.8) is 0 Å². The van der Waals surface area contributed by atoms with E-state index in [1.165, 1.54) is 19.3 Å². The monoisotopic (exact) mass is 199 g/mol. The fraction of sp³-hybridized carbons (Fsp3) is 1.00. The Bertz CT molecular complexity index is 166. The summed E-state index contributed by atoms with van der Waals surface area (Å²) < 4.78 is 0. The molecule has 0 heterocycles. The highest BCUT2D eigenvalue weighted by Crippen LogP contribution is 2.36. The van der Waals surface area contributed by atoms with Crippen LogP contribution in [-0.2, 0) is 0 Å². The summed E-state index contributed by atoms with van der Waals surface area (Å²) in [6, 6.07) is 0.588. The van der Waals surface area contributed by atoms with Crippen molar-refractivity contribution in [1.82, 2.24) is 5.32 Å². The molecule has 2 nitrogen and oxygen atoms in total. The number of rotatable bonds is 7. The predicted molar refractivity (Wildman–Crippen MR) is 60.3 cm³/mol. The third-order valence-corrected chi connectivity index (χ3v) is 3.52. The molecule has 1 saturated carbocycles. The van der Waals surface area contributed by atoms with E-state index < -0.39 is 0 Å². The molecule has 0 aromatic heterocycles. The molecule has 1 fully saturated rings. The maximum absolute atomic E-state index is 9.25. The van der Waals surface area contributed by atoms with E-state index in [2.05, 4.69) is 26.1 Å². The van der Waals surface area contributed by atoms with Crippen LogP contribution in [0.5, 0.6) is 0 Å². The van der Waals surface area contributed by atoms with E-state index in [9.17, 15) is 5.11 Å². The first kappa shape index (κ1) is 12.0. The van der Waals surface area contributed by atoms with Crippen LogP contribution in [0.3, 0.4) is 0 Å². The summed E-state index contributed by atoms with van der Waals surface area (Å²) >= 11 is 0. The van der Waals surface area contributed by atoms with Gasteiger partial charge in [0.15, 0.2) is 0 Å². The Hall–Kier alpha value is -0.0800. The standard InChI is InChI=1S/C12H25NO/c1-4-6-10(3)11(5-2)13-12(9-14)7-8-12/h10-11,13-14H,4-9H2,1-3H3. The van der Waals surface area contributed by atoms with Crippen molar-refractivity contribution < 1.29 is 5.11 Å². The van der Waals surface area contributed by atoms with Crippen LogP contribution in [0.15, 0.2) is 0 Å². The molecule has 0 aliphatic heterocycles. The van der Waals surface area contributed by atoms with Gasteiger partial charge in [0.25, 0.3) is 0 Å². The van der Waals surface area contributed by atoms with Crippen molar-refractivity contribution in [2.45, 2.75) is 64.5 Å². The van der Waals surface area contributed by atoms with Crippen LogP contribution >= 0.6 is 0 Å². The summed E-state index contributed by atoms with van der Waals surface area (Å²) in [5, 5.41) is 12.9. The fourth-order valence-corrected chi connectivity index (χ4v) is 2.20. The second kappa shape index (κ2) is 5.13. The smallest absolute Gasteiger partial charge is 0.0613 e. The van der Waals surface area contributed by atoms with Crippen LogP contribution in [0.25, 0.3) is 0 Å². The molecule has 2 N–H and O–H groups in total. The van der Waals surface area contributed by atoms with E-state index in [0.29, 0.717) is 12.6 Å². The van der Waals surface area contributed by atoms with Crippen molar-refractivity contribution >= 4 is 0 Å². The molecule has 2 atom stereocenters. The highest BCUT2D eigenvalue weighted by molar-refractivity contribution is 5.03. The molecule has 0 bridgehead atoms. The predicted octanol–water partition coefficient (Wildman–Crippen LogP) is 2.32. The van der Waals surface area contributed by atoms with E-state index >= 15 is 0 Å². The van der Waals surface area contributed by atoms with Gasteiger partial charge in [-0.15, -0.1) is 0 Å². The van der Waals surface area contributed by atoms with Gasteiger partial charge in [0.1, 0.15) is 0 Å². The van der Waals surface area contributed by atoms with Crippen molar-refractivity contribution in [3.05, 3.63) is 0 Å². The van der Waals surface area contributed by atoms with Crippen LogP contribution in [0.4, 0.5) is 0 Å². The third-order valence-electron chi connectivity index (χ3n) is 3.52. The zero-order valence-corrected chi connectivity index (χ0v) is 9.84. The van der Waals surface area contributed by atoms with Crippen molar-refractivity contribution in [2.24, 2.45) is 5.92 Å². The van der Waals surface area contributed by atoms with Crippen LogP contribution in [-0.4, -0.2) is 23.3 Å². The second-order valence-electron chi connectivity index (χ2n) is 4.86. The van der Waals surface area contributed by atoms with Gasteiger partial charge in [0.2, 0.25) is 0 Å². The topological polar surface area (TPSA) is 32.3 Å². The average molecular weight is 199 g/mol. The van der Waals surface area contributed by atoms with Gasteiger partial charge >= 0.3 is 0 Å². The molecule has 0 radical (unpaired) electrons. The summed E-state index contributed by atoms with van der Waals surface area (Å²) in [4.78, 5) is 0. The zero-order chi connectivity index (χ0) is 10.6. The van der Waals surface area contributed by atoms with Crippen LogP contribution < -0.4 is 5.32 Å². The number of hydrogen-bond acceptors (Lipinski definition) is 2. The van der Waals surface area contributed by atoms with Gasteiger partial charge in [0.05, 0.1) is 6.61 Å². The summed E-state index contributed by atoms with van der Waals surface area (Å²) in [7, 11) is 0. The largest absolute Gasteiger partial charge is 0.394 e. The Morgan fingerprint density at radius 2 is 2.00 bits per heavy atom. The molecule has 0 amide bonds. The quantitative estimate of drug-likeness (QED) is 0.659. The maximum Gasteiger partial charge on any atom is 0.0613 e. The first-order chi connectivity index (χ1) is 6.67. The Kier molecular flexibility index (Phi) is 4.39. The number of hydrogen-bond donors (Lipinski definition) is 2. The van der Waals surface area contributed by atoms with Gasteiger partial charge in [-0.05, 0) is 31.6 Å². The molecule has 0 spiro atoms. The van der Waals surface area contributed by atoms with E-state index in [4.69, 9.17) is 0 Å². The zero-order valence-electron chi connectivity index (χ0n) is 9.84. The molecule has 84 valence electrons. The summed E-state index contributed by atoms with van der Waals surface area (Å²) in [5.41, 5.74) is 0.0999. The van der Waals surface area contributed by atoms with Gasteiger partial charge in [0, 0.05) is 11.6 Å². The number of aliphatic hydroxyl groups is 1. The van der Waals surface area contributed by atoms with E-state index in [1.807, 2.05) is 0 Å². The molecule has 2 unspecified atom stereocenters. The molecular formula is C12H25NO. The third kappa shape index (κ3) is 2.96. The van der Waals surface area contributed by atoms with Gasteiger partial charge in [-0.25, -0.2) is 0 Å². The SMILES string of the molecule is CCCC(C)C(CC)NC1(CO)CC1. The summed E-state index contributed by atoms with van der Waals surface area (Å²) in [6.07, 6.45) is 6.01. The summed E-state index contributed by atoms with van der Waals surface area (Å²) in [6.45, 7) is 7.10. The Morgan fingerprint density at radius 3 is 2.36 bits per heavy atom. The molecule has 1 rings (SSSR count). The van der Waals surface area contributed by atoms with E-state index in [1.54, 1.807) is 0 Å². The molecule has 1 aliphatic carbocycles. The van der Waals surface area contributed by atoms with Gasteiger partial charge in [-0.2, -0.15) is 0 Å². The molecule has 2 heteroatoms. The van der Waals surface area contributed by atoms with Crippen LogP contribution in [0, 0.1) is 5.92 Å². The molecule has 1 aliphatic rings. The molecule has 0 aromatic rings. The molecular weight excluding hydrogens is 174 g/mol. The van der Waals surface area contributed by atoms with Crippen LogP contribution in [0.2, 0.25) is 0 Å². The van der Waals surface area contributed by atoms with Gasteiger partial charge < -0.3 is 10.4 Å². The van der Waals surface area contributed by atoms with E-state index in [-0.39, 0.29) is 5.54 Å². The normalized spacial score (nSPS) is 23.1. The highest BCUT2D eigenvalue weighted by Gasteiger charge is 2.43. The molecule has 0 aromatic carbocycles. The average Bonchev–Trinajstić information content (AvgIpc) is 2.95. The van der Waals surface area contributed by atoms with Crippen molar-refractivity contribution in [3.8, 4) is 0 Å². The van der Waals surface area contributed by atoms with E-state index in [0.717, 1.165) is 18.8 Å². The lowest BCUT2D eigenvalue weighted by Crippen LogP contribution is -2.45. The van der Waals surface area contributed by atoms with Crippen molar-refractivity contribution in [2.75, 3.05) is 6.61 Å².